The zero-order valence-corrected chi connectivity index (χ0v) is 15.3. The van der Waals surface area contributed by atoms with Crippen molar-refractivity contribution in [3.8, 4) is 0 Å². The third-order valence-electron chi connectivity index (χ3n) is 4.39. The summed E-state index contributed by atoms with van der Waals surface area (Å²) in [6.45, 7) is 1.63. The number of furan rings is 1. The van der Waals surface area contributed by atoms with Gasteiger partial charge in [0.1, 0.15) is 22.3 Å². The highest BCUT2D eigenvalue weighted by Crippen LogP contribution is 2.20. The van der Waals surface area contributed by atoms with Gasteiger partial charge in [0.15, 0.2) is 6.54 Å². The number of halogens is 2. The topological polar surface area (TPSA) is 84.1 Å². The highest BCUT2D eigenvalue weighted by atomic mass is 32.2. The number of sulfonamides is 1. The van der Waals surface area contributed by atoms with E-state index in [9.17, 15) is 22.0 Å². The van der Waals surface area contributed by atoms with Crippen LogP contribution >= 0.6 is 0 Å². The Morgan fingerprint density at radius 3 is 2.59 bits per heavy atom. The van der Waals surface area contributed by atoms with E-state index in [2.05, 4.69) is 5.32 Å². The summed E-state index contributed by atoms with van der Waals surface area (Å²) >= 11 is 0. The normalized spacial score (nSPS) is 16.4. The number of quaternary nitrogens is 1. The lowest BCUT2D eigenvalue weighted by Gasteiger charge is -2.31. The molecule has 1 saturated heterocycles. The Morgan fingerprint density at radius 2 is 1.96 bits per heavy atom. The number of rotatable bonds is 6. The van der Waals surface area contributed by atoms with Crippen LogP contribution in [0, 0.1) is 11.6 Å². The molecule has 0 atom stereocenters. The summed E-state index contributed by atoms with van der Waals surface area (Å²) in [4.78, 5) is 12.4. The molecule has 1 aliphatic heterocycles. The molecule has 2 heterocycles. The first-order valence-electron chi connectivity index (χ1n) is 8.44. The first-order valence-corrected chi connectivity index (χ1v) is 9.88. The maximum Gasteiger partial charge on any atom is 0.275 e. The molecule has 0 spiro atoms. The zero-order chi connectivity index (χ0) is 19.4. The van der Waals surface area contributed by atoms with Gasteiger partial charge in [0.2, 0.25) is 10.0 Å². The fourth-order valence-corrected chi connectivity index (χ4v) is 4.42. The maximum absolute atomic E-state index is 13.8. The van der Waals surface area contributed by atoms with Gasteiger partial charge < -0.3 is 14.6 Å². The van der Waals surface area contributed by atoms with Crippen molar-refractivity contribution >= 4 is 15.9 Å². The molecule has 1 amide bonds. The minimum Gasteiger partial charge on any atom is -0.467 e. The van der Waals surface area contributed by atoms with Crippen LogP contribution in [0.15, 0.2) is 45.9 Å². The van der Waals surface area contributed by atoms with E-state index in [1.807, 2.05) is 0 Å². The van der Waals surface area contributed by atoms with Crippen LogP contribution in [0.2, 0.25) is 0 Å². The van der Waals surface area contributed by atoms with Crippen molar-refractivity contribution in [3.63, 3.8) is 0 Å². The summed E-state index contributed by atoms with van der Waals surface area (Å²) in [7, 11) is -4.04. The van der Waals surface area contributed by atoms with Gasteiger partial charge in [-0.05, 0) is 24.3 Å². The molecule has 27 heavy (non-hydrogen) atoms. The van der Waals surface area contributed by atoms with E-state index in [4.69, 9.17) is 4.42 Å². The molecule has 0 unspecified atom stereocenters. The van der Waals surface area contributed by atoms with Crippen LogP contribution < -0.4 is 10.2 Å². The molecular weight excluding hydrogens is 380 g/mol. The number of carbonyl (C=O) groups is 1. The van der Waals surface area contributed by atoms with Crippen molar-refractivity contribution < 1.29 is 31.3 Å². The van der Waals surface area contributed by atoms with Crippen molar-refractivity contribution in [2.24, 2.45) is 0 Å². The van der Waals surface area contributed by atoms with Crippen molar-refractivity contribution in [1.82, 2.24) is 9.62 Å². The highest BCUT2D eigenvalue weighted by Gasteiger charge is 2.32. The molecule has 2 N–H and O–H groups in total. The van der Waals surface area contributed by atoms with Crippen molar-refractivity contribution in [1.29, 1.82) is 0 Å². The first kappa shape index (κ1) is 19.5. The zero-order valence-electron chi connectivity index (χ0n) is 14.5. The third-order valence-corrected chi connectivity index (χ3v) is 6.32. The second kappa shape index (κ2) is 8.15. The summed E-state index contributed by atoms with van der Waals surface area (Å²) in [6.07, 6.45) is 1.52. The van der Waals surface area contributed by atoms with Gasteiger partial charge in [-0.25, -0.2) is 17.2 Å². The summed E-state index contributed by atoms with van der Waals surface area (Å²) in [5.74, 6) is -1.46. The van der Waals surface area contributed by atoms with Crippen LogP contribution in [0.25, 0.3) is 0 Å². The quantitative estimate of drug-likeness (QED) is 0.701. The maximum atomic E-state index is 13.8. The molecular formula is C17H20F2N3O4S+. The summed E-state index contributed by atoms with van der Waals surface area (Å²) < 4.78 is 58.2. The lowest BCUT2D eigenvalue weighted by Crippen LogP contribution is -3.15. The van der Waals surface area contributed by atoms with E-state index in [-0.39, 0.29) is 25.5 Å². The molecule has 0 radical (unpaired) electrons. The lowest BCUT2D eigenvalue weighted by molar-refractivity contribution is -0.895. The number of nitrogens with one attached hydrogen (secondary N) is 2. The Balaban J connectivity index is 1.52. The Labute approximate surface area is 155 Å². The second-order valence-corrected chi connectivity index (χ2v) is 8.17. The molecule has 10 heteroatoms. The third kappa shape index (κ3) is 4.71. The number of nitrogens with zero attached hydrogens (tertiary/aromatic N) is 1. The molecule has 1 aromatic heterocycles. The average molecular weight is 400 g/mol. The summed E-state index contributed by atoms with van der Waals surface area (Å²) in [5, 5.41) is 2.74. The number of benzene rings is 1. The summed E-state index contributed by atoms with van der Waals surface area (Å²) in [5.41, 5.74) is 0. The number of hydrogen-bond donors (Lipinski definition) is 2. The van der Waals surface area contributed by atoms with Crippen molar-refractivity contribution in [3.05, 3.63) is 54.0 Å². The van der Waals surface area contributed by atoms with Gasteiger partial charge in [-0.3, -0.25) is 4.79 Å². The SMILES string of the molecule is O=C(C[NH+]1CCN(S(=O)(=O)c2ccc(F)cc2F)CC1)NCc1ccco1. The molecule has 3 rings (SSSR count). The number of amides is 1. The molecule has 146 valence electrons. The standard InChI is InChI=1S/C17H19F2N3O4S/c18-13-3-4-16(15(19)10-13)27(24,25)22-7-5-21(6-8-22)12-17(23)20-11-14-2-1-9-26-14/h1-4,9-10H,5-8,11-12H2,(H,20,23)/p+1. The van der Waals surface area contributed by atoms with Gasteiger partial charge in [0, 0.05) is 6.07 Å². The predicted molar refractivity (Wildman–Crippen MR) is 91.2 cm³/mol. The van der Waals surface area contributed by atoms with Gasteiger partial charge in [-0.2, -0.15) is 4.31 Å². The molecule has 0 bridgehead atoms. The van der Waals surface area contributed by atoms with E-state index in [1.165, 1.54) is 6.26 Å². The van der Waals surface area contributed by atoms with Crippen LogP contribution in [-0.4, -0.2) is 51.4 Å². The van der Waals surface area contributed by atoms with E-state index in [1.54, 1.807) is 12.1 Å². The van der Waals surface area contributed by atoms with Gasteiger partial charge >= 0.3 is 0 Å². The van der Waals surface area contributed by atoms with Crippen LogP contribution in [-0.2, 0) is 21.4 Å². The van der Waals surface area contributed by atoms with Crippen molar-refractivity contribution in [2.75, 3.05) is 32.7 Å². The molecule has 1 fully saturated rings. The minimum absolute atomic E-state index is 0.153. The molecule has 2 aromatic rings. The Kier molecular flexibility index (Phi) is 5.88. The largest absolute Gasteiger partial charge is 0.467 e. The van der Waals surface area contributed by atoms with Gasteiger partial charge in [-0.15, -0.1) is 0 Å². The van der Waals surface area contributed by atoms with E-state index < -0.39 is 26.6 Å². The molecule has 1 aliphatic rings. The smallest absolute Gasteiger partial charge is 0.275 e. The highest BCUT2D eigenvalue weighted by molar-refractivity contribution is 7.89. The monoisotopic (exact) mass is 400 g/mol. The summed E-state index contributed by atoms with van der Waals surface area (Å²) in [6, 6.07) is 5.89. The Bertz CT molecular complexity index is 895. The van der Waals surface area contributed by atoms with Gasteiger partial charge in [-0.1, -0.05) is 0 Å². The first-order chi connectivity index (χ1) is 12.9. The molecule has 0 saturated carbocycles. The number of hydrogen-bond acceptors (Lipinski definition) is 4. The fraction of sp³-hybridized carbons (Fsp3) is 0.353. The second-order valence-electron chi connectivity index (χ2n) is 6.26. The van der Waals surface area contributed by atoms with Crippen molar-refractivity contribution in [2.45, 2.75) is 11.4 Å². The Morgan fingerprint density at radius 1 is 1.22 bits per heavy atom. The fourth-order valence-electron chi connectivity index (χ4n) is 2.93. The molecule has 1 aromatic carbocycles. The number of piperazine rings is 1. The van der Waals surface area contributed by atoms with Crippen LogP contribution in [0.1, 0.15) is 5.76 Å². The van der Waals surface area contributed by atoms with Gasteiger partial charge in [0.05, 0.1) is 39.0 Å². The van der Waals surface area contributed by atoms with Crippen LogP contribution in [0.4, 0.5) is 8.78 Å². The van der Waals surface area contributed by atoms with Crippen LogP contribution in [0.5, 0.6) is 0 Å². The van der Waals surface area contributed by atoms with Gasteiger partial charge in [0.25, 0.3) is 5.91 Å². The predicted octanol–water partition coefficient (Wildman–Crippen LogP) is -0.237. The number of carbonyl (C=O) groups excluding carboxylic acids is 1. The molecule has 0 aliphatic carbocycles. The molecule has 7 nitrogen and oxygen atoms in total. The Hall–Kier alpha value is -2.30. The van der Waals surface area contributed by atoms with E-state index >= 15 is 0 Å². The average Bonchev–Trinajstić information content (AvgIpc) is 3.14. The lowest BCUT2D eigenvalue weighted by atomic mass is 10.3. The van der Waals surface area contributed by atoms with Crippen LogP contribution in [0.3, 0.4) is 0 Å². The minimum atomic E-state index is -4.04. The van der Waals surface area contributed by atoms with E-state index in [0.29, 0.717) is 31.5 Å². The van der Waals surface area contributed by atoms with E-state index in [0.717, 1.165) is 21.3 Å².